The van der Waals surface area contributed by atoms with Gasteiger partial charge in [-0.15, -0.1) is 11.3 Å². The zero-order chi connectivity index (χ0) is 28.3. The van der Waals surface area contributed by atoms with E-state index in [1.807, 2.05) is 41.2 Å². The first-order valence-corrected chi connectivity index (χ1v) is 14.8. The van der Waals surface area contributed by atoms with Crippen molar-refractivity contribution in [2.45, 2.75) is 25.1 Å². The van der Waals surface area contributed by atoms with Crippen LogP contribution in [0.15, 0.2) is 67.1 Å². The molecule has 2 atom stereocenters. The summed E-state index contributed by atoms with van der Waals surface area (Å²) in [4.78, 5) is 24.8. The third-order valence-corrected chi connectivity index (χ3v) is 8.36. The van der Waals surface area contributed by atoms with Crippen LogP contribution < -0.4 is 10.6 Å². The normalized spacial score (nSPS) is 18.6. The largest absolute Gasteiger partial charge is 0.445 e. The van der Waals surface area contributed by atoms with E-state index < -0.39 is 0 Å². The van der Waals surface area contributed by atoms with Gasteiger partial charge in [-0.1, -0.05) is 42.2 Å². The molecule has 0 radical (unpaired) electrons. The smallest absolute Gasteiger partial charge is 0.410 e. The van der Waals surface area contributed by atoms with Gasteiger partial charge >= 0.3 is 6.09 Å². The molecule has 0 spiro atoms. The molecular formula is C31H29N7O3S. The molecule has 2 aliphatic rings. The highest BCUT2D eigenvalue weighted by Crippen LogP contribution is 2.30. The number of fused-ring (bicyclic) bond motifs is 2. The number of amides is 1. The Morgan fingerprint density at radius 1 is 1.14 bits per heavy atom. The van der Waals surface area contributed by atoms with E-state index in [4.69, 9.17) is 9.47 Å². The molecule has 2 N–H and O–H groups in total. The predicted octanol–water partition coefficient (Wildman–Crippen LogP) is 4.38. The maximum absolute atomic E-state index is 12.4. The van der Waals surface area contributed by atoms with E-state index >= 15 is 0 Å². The highest BCUT2D eigenvalue weighted by Gasteiger charge is 2.28. The average molecular weight is 580 g/mol. The van der Waals surface area contributed by atoms with Gasteiger partial charge in [0.1, 0.15) is 23.1 Å². The zero-order valence-electron chi connectivity index (χ0n) is 22.8. The van der Waals surface area contributed by atoms with Crippen LogP contribution in [0.5, 0.6) is 0 Å². The Kier molecular flexibility index (Phi) is 7.40. The molecule has 0 aliphatic carbocycles. The highest BCUT2D eigenvalue weighted by atomic mass is 32.1. The standard InChI is InChI=1S/C31H29N7O3S/c39-31(37-10-12-40-13-11-37)41-25-15-23(32-18-25)6-8-26-16-27-29(33-20-34-30(27)42-26)36-24-7-9-28-22(14-24)17-35-38(28)19-21-4-2-1-3-5-21/h1-5,7,9,14,16-17,20,23,25,32H,10-13,15,18-19H2,(H,33,34,36)/t23-,25-/m0/s1. The molecule has 5 heterocycles. The van der Waals surface area contributed by atoms with Gasteiger partial charge in [-0.2, -0.15) is 5.10 Å². The number of anilines is 2. The predicted molar refractivity (Wildman–Crippen MR) is 162 cm³/mol. The lowest BCUT2D eigenvalue weighted by atomic mass is 10.2. The molecule has 3 aromatic heterocycles. The number of aromatic nitrogens is 4. The SMILES string of the molecule is O=C(O[C@@H]1CN[C@@H](C#Cc2cc3c(Nc4ccc5c(cnn5Cc5ccccc5)c4)ncnc3s2)C1)N1CCOCC1. The minimum Gasteiger partial charge on any atom is -0.445 e. The number of benzene rings is 2. The minimum absolute atomic E-state index is 0.0454. The molecule has 2 fully saturated rings. The Labute approximate surface area is 246 Å². The van der Waals surface area contributed by atoms with Gasteiger partial charge in [-0.3, -0.25) is 10.00 Å². The molecule has 2 aliphatic heterocycles. The molecule has 1 amide bonds. The van der Waals surface area contributed by atoms with Crippen LogP contribution in [0.3, 0.4) is 0 Å². The Hall–Kier alpha value is -4.50. The molecule has 2 aromatic carbocycles. The van der Waals surface area contributed by atoms with Crippen molar-refractivity contribution < 1.29 is 14.3 Å². The van der Waals surface area contributed by atoms with Crippen molar-refractivity contribution >= 4 is 50.1 Å². The number of carbonyl (C=O) groups excluding carboxylic acids is 1. The van der Waals surface area contributed by atoms with E-state index in [-0.39, 0.29) is 18.2 Å². The van der Waals surface area contributed by atoms with Crippen LogP contribution in [0.4, 0.5) is 16.3 Å². The lowest BCUT2D eigenvalue weighted by molar-refractivity contribution is 0.0156. The second-order valence-corrected chi connectivity index (χ2v) is 11.3. The van der Waals surface area contributed by atoms with Crippen molar-refractivity contribution in [1.82, 2.24) is 30.0 Å². The van der Waals surface area contributed by atoms with Crippen molar-refractivity contribution in [2.24, 2.45) is 0 Å². The summed E-state index contributed by atoms with van der Waals surface area (Å²) in [5.41, 5.74) is 3.21. The van der Waals surface area contributed by atoms with Crippen LogP contribution in [0.2, 0.25) is 0 Å². The number of carbonyl (C=O) groups is 1. The second kappa shape index (κ2) is 11.8. The molecule has 7 rings (SSSR count). The Balaban J connectivity index is 1.02. The van der Waals surface area contributed by atoms with Gasteiger partial charge in [0.05, 0.1) is 47.8 Å². The maximum atomic E-state index is 12.4. The quantitative estimate of drug-likeness (QED) is 0.296. The minimum atomic E-state index is -0.276. The van der Waals surface area contributed by atoms with E-state index in [2.05, 4.69) is 61.8 Å². The average Bonchev–Trinajstić information content (AvgIpc) is 3.76. The molecule has 2 saturated heterocycles. The first-order chi connectivity index (χ1) is 20.7. The van der Waals surface area contributed by atoms with Crippen molar-refractivity contribution in [3.05, 3.63) is 77.6 Å². The summed E-state index contributed by atoms with van der Waals surface area (Å²) in [5, 5.41) is 13.4. The number of ether oxygens (including phenoxy) is 2. The molecule has 11 heteroatoms. The Morgan fingerprint density at radius 3 is 2.90 bits per heavy atom. The van der Waals surface area contributed by atoms with Gasteiger partial charge in [0.15, 0.2) is 0 Å². The van der Waals surface area contributed by atoms with Crippen molar-refractivity contribution in [1.29, 1.82) is 0 Å². The molecule has 212 valence electrons. The van der Waals surface area contributed by atoms with Crippen LogP contribution in [0.1, 0.15) is 16.9 Å². The van der Waals surface area contributed by atoms with E-state index in [0.717, 1.165) is 44.0 Å². The summed E-state index contributed by atoms with van der Waals surface area (Å²) >= 11 is 1.53. The monoisotopic (exact) mass is 579 g/mol. The molecule has 0 unspecified atom stereocenters. The molecule has 0 bridgehead atoms. The van der Waals surface area contributed by atoms with Crippen LogP contribution in [0.25, 0.3) is 21.1 Å². The summed E-state index contributed by atoms with van der Waals surface area (Å²) in [6.45, 7) is 3.57. The Morgan fingerprint density at radius 2 is 2.02 bits per heavy atom. The van der Waals surface area contributed by atoms with Crippen LogP contribution in [0, 0.1) is 11.8 Å². The summed E-state index contributed by atoms with van der Waals surface area (Å²) in [7, 11) is 0. The second-order valence-electron chi connectivity index (χ2n) is 10.3. The van der Waals surface area contributed by atoms with Crippen LogP contribution in [-0.2, 0) is 16.0 Å². The fraction of sp³-hybridized carbons (Fsp3) is 0.290. The first kappa shape index (κ1) is 26.4. The van der Waals surface area contributed by atoms with E-state index in [1.165, 1.54) is 16.9 Å². The molecule has 42 heavy (non-hydrogen) atoms. The number of nitrogens with one attached hydrogen (secondary N) is 2. The van der Waals surface area contributed by atoms with Crippen LogP contribution in [-0.4, -0.2) is 75.7 Å². The van der Waals surface area contributed by atoms with E-state index in [9.17, 15) is 4.79 Å². The molecular weight excluding hydrogens is 550 g/mol. The molecule has 10 nitrogen and oxygen atoms in total. The lowest BCUT2D eigenvalue weighted by Gasteiger charge is -2.27. The topological polar surface area (TPSA) is 106 Å². The van der Waals surface area contributed by atoms with E-state index in [1.54, 1.807) is 11.2 Å². The van der Waals surface area contributed by atoms with Gasteiger partial charge in [0.25, 0.3) is 0 Å². The van der Waals surface area contributed by atoms with Crippen molar-refractivity contribution in [2.75, 3.05) is 38.2 Å². The van der Waals surface area contributed by atoms with Gasteiger partial charge < -0.3 is 19.7 Å². The number of thiophene rings is 1. The summed E-state index contributed by atoms with van der Waals surface area (Å²) in [5.74, 6) is 7.31. The zero-order valence-corrected chi connectivity index (χ0v) is 23.6. The maximum Gasteiger partial charge on any atom is 0.410 e. The fourth-order valence-corrected chi connectivity index (χ4v) is 6.09. The van der Waals surface area contributed by atoms with Gasteiger partial charge in [-0.25, -0.2) is 14.8 Å². The lowest BCUT2D eigenvalue weighted by Crippen LogP contribution is -2.42. The molecule has 0 saturated carbocycles. The van der Waals surface area contributed by atoms with Gasteiger partial charge in [0, 0.05) is 37.1 Å². The third kappa shape index (κ3) is 5.78. The third-order valence-electron chi connectivity index (χ3n) is 7.41. The number of hydrogen-bond acceptors (Lipinski definition) is 9. The number of rotatable bonds is 5. The highest BCUT2D eigenvalue weighted by molar-refractivity contribution is 7.19. The number of morpholine rings is 1. The number of hydrogen-bond donors (Lipinski definition) is 2. The van der Waals surface area contributed by atoms with Crippen molar-refractivity contribution in [3.8, 4) is 11.8 Å². The first-order valence-electron chi connectivity index (χ1n) is 14.0. The van der Waals surface area contributed by atoms with Crippen molar-refractivity contribution in [3.63, 3.8) is 0 Å². The molecule has 5 aromatic rings. The summed E-state index contributed by atoms with van der Waals surface area (Å²) in [6, 6.07) is 18.5. The Bertz CT molecular complexity index is 1790. The van der Waals surface area contributed by atoms with E-state index in [0.29, 0.717) is 39.3 Å². The van der Waals surface area contributed by atoms with Gasteiger partial charge in [-0.05, 0) is 29.8 Å². The summed E-state index contributed by atoms with van der Waals surface area (Å²) in [6.07, 6.45) is 3.65. The summed E-state index contributed by atoms with van der Waals surface area (Å²) < 4.78 is 13.0. The fourth-order valence-electron chi connectivity index (χ4n) is 5.22. The number of nitrogens with zero attached hydrogens (tertiary/aromatic N) is 5. The van der Waals surface area contributed by atoms with Gasteiger partial charge in [0.2, 0.25) is 0 Å². The van der Waals surface area contributed by atoms with Crippen LogP contribution >= 0.6 is 11.3 Å².